The molecule has 0 aliphatic carbocycles. The minimum atomic E-state index is 0.680. The van der Waals surface area contributed by atoms with Gasteiger partial charge in [-0.2, -0.15) is 0 Å². The number of nitrogens with zero attached hydrogens (tertiary/aromatic N) is 3. The summed E-state index contributed by atoms with van der Waals surface area (Å²) in [6, 6.07) is 67.5. The van der Waals surface area contributed by atoms with Gasteiger partial charge in [0.15, 0.2) is 5.82 Å². The Morgan fingerprint density at radius 2 is 0.833 bits per heavy atom. The van der Waals surface area contributed by atoms with E-state index >= 15 is 0 Å². The molecule has 0 saturated heterocycles. The Kier molecular flexibility index (Phi) is 8.22. The summed E-state index contributed by atoms with van der Waals surface area (Å²) in [5.41, 5.74) is 11.7. The van der Waals surface area contributed by atoms with E-state index < -0.39 is 0 Å². The van der Waals surface area contributed by atoms with Crippen LogP contribution in [0.2, 0.25) is 0 Å². The van der Waals surface area contributed by atoms with Gasteiger partial charge in [-0.1, -0.05) is 152 Å². The van der Waals surface area contributed by atoms with Crippen molar-refractivity contribution in [3.8, 4) is 67.3 Å². The Balaban J connectivity index is 1.07. The molecule has 4 aromatic heterocycles. The highest BCUT2D eigenvalue weighted by molar-refractivity contribution is 7.26. The molecule has 0 atom stereocenters. The summed E-state index contributed by atoms with van der Waals surface area (Å²) in [7, 11) is 0. The third-order valence-electron chi connectivity index (χ3n) is 11.6. The Morgan fingerprint density at radius 3 is 1.48 bits per heavy atom. The molecule has 8 aromatic carbocycles. The van der Waals surface area contributed by atoms with Gasteiger partial charge < -0.3 is 0 Å². The molecule has 12 rings (SSSR count). The van der Waals surface area contributed by atoms with Crippen molar-refractivity contribution in [3.05, 3.63) is 200 Å². The second-order valence-corrected chi connectivity index (χ2v) is 17.3. The van der Waals surface area contributed by atoms with Gasteiger partial charge in [0.1, 0.15) is 0 Å². The summed E-state index contributed by atoms with van der Waals surface area (Å²) in [6.45, 7) is 0. The number of hydrogen-bond donors (Lipinski definition) is 0. The summed E-state index contributed by atoms with van der Waals surface area (Å²) in [4.78, 5) is 15.2. The predicted octanol–water partition coefficient (Wildman–Crippen LogP) is 15.8. The van der Waals surface area contributed by atoms with Crippen molar-refractivity contribution in [2.75, 3.05) is 0 Å². The highest BCUT2D eigenvalue weighted by Crippen LogP contribution is 2.45. The van der Waals surface area contributed by atoms with Crippen LogP contribution >= 0.6 is 22.7 Å². The first-order chi connectivity index (χ1) is 29.7. The lowest BCUT2D eigenvalue weighted by Crippen LogP contribution is -1.97. The molecule has 0 unspecified atom stereocenters. The van der Waals surface area contributed by atoms with Gasteiger partial charge in [-0.05, 0) is 69.6 Å². The SMILES string of the molecule is c1ccc(-c2cc(-c3cc(-c4cccc5c4sc4ccccc45)cc(-c4cccc5c4sc4ccccc45)c3)nc(-c3ccc(-c4cncc5ccccc45)cc3)n2)cc1. The first kappa shape index (κ1) is 34.7. The third-order valence-corrected chi connectivity index (χ3v) is 14.0. The van der Waals surface area contributed by atoms with Gasteiger partial charge in [-0.15, -0.1) is 22.7 Å². The summed E-state index contributed by atoms with van der Waals surface area (Å²) < 4.78 is 5.16. The van der Waals surface area contributed by atoms with Gasteiger partial charge in [0.05, 0.1) is 11.4 Å². The molecule has 0 radical (unpaired) electrons. The molecule has 60 heavy (non-hydrogen) atoms. The van der Waals surface area contributed by atoms with Gasteiger partial charge in [0, 0.05) is 80.4 Å². The van der Waals surface area contributed by atoms with Crippen LogP contribution in [0, 0.1) is 0 Å². The lowest BCUT2D eigenvalue weighted by Gasteiger charge is -2.14. The molecule has 0 N–H and O–H groups in total. The van der Waals surface area contributed by atoms with Crippen LogP contribution in [0.15, 0.2) is 200 Å². The lowest BCUT2D eigenvalue weighted by molar-refractivity contribution is 1.18. The van der Waals surface area contributed by atoms with Crippen LogP contribution in [0.5, 0.6) is 0 Å². The zero-order chi connectivity index (χ0) is 39.6. The molecule has 5 heteroatoms. The van der Waals surface area contributed by atoms with E-state index in [1.165, 1.54) is 56.9 Å². The number of benzene rings is 8. The molecule has 0 aliphatic heterocycles. The second kappa shape index (κ2) is 14.2. The highest BCUT2D eigenvalue weighted by atomic mass is 32.1. The number of hydrogen-bond acceptors (Lipinski definition) is 5. The maximum absolute atomic E-state index is 5.40. The number of fused-ring (bicyclic) bond motifs is 7. The van der Waals surface area contributed by atoms with Crippen molar-refractivity contribution in [2.45, 2.75) is 0 Å². The number of pyridine rings is 1. The zero-order valence-corrected chi connectivity index (χ0v) is 33.8. The third kappa shape index (κ3) is 5.90. The van der Waals surface area contributed by atoms with Crippen molar-refractivity contribution in [2.24, 2.45) is 0 Å². The number of rotatable bonds is 6. The standard InChI is InChI=1S/C55H33N3S2/c1-2-12-35(13-3-1)49-31-50(58-55(57-49)36-26-24-34(25-27-36)48-33-56-32-37-14-4-5-15-41(37)48)40-29-38(42-18-10-20-46-44-16-6-8-22-51(44)59-53(42)46)28-39(30-40)43-19-11-21-47-45-17-7-9-23-52(45)60-54(43)47/h1-33H. The normalized spacial score (nSPS) is 11.7. The second-order valence-electron chi connectivity index (χ2n) is 15.2. The van der Waals surface area contributed by atoms with Crippen LogP contribution in [0.3, 0.4) is 0 Å². The number of thiophene rings is 2. The van der Waals surface area contributed by atoms with Crippen LogP contribution in [0.1, 0.15) is 0 Å². The monoisotopic (exact) mass is 799 g/mol. The van der Waals surface area contributed by atoms with Crippen molar-refractivity contribution in [1.29, 1.82) is 0 Å². The van der Waals surface area contributed by atoms with E-state index in [9.17, 15) is 0 Å². The van der Waals surface area contributed by atoms with Gasteiger partial charge in [-0.3, -0.25) is 4.98 Å². The molecule has 3 nitrogen and oxygen atoms in total. The summed E-state index contributed by atoms with van der Waals surface area (Å²) in [5, 5.41) is 7.45. The van der Waals surface area contributed by atoms with Crippen LogP contribution in [0.4, 0.5) is 0 Å². The Hall–Kier alpha value is -7.31. The predicted molar refractivity (Wildman–Crippen MR) is 256 cm³/mol. The van der Waals surface area contributed by atoms with E-state index in [0.29, 0.717) is 5.82 Å². The summed E-state index contributed by atoms with van der Waals surface area (Å²) in [5.74, 6) is 0.680. The Labute approximate surface area is 354 Å². The zero-order valence-electron chi connectivity index (χ0n) is 32.2. The van der Waals surface area contributed by atoms with Crippen LogP contribution in [-0.2, 0) is 0 Å². The average Bonchev–Trinajstić information content (AvgIpc) is 3.90. The maximum Gasteiger partial charge on any atom is 0.160 e. The van der Waals surface area contributed by atoms with Gasteiger partial charge >= 0.3 is 0 Å². The molecule has 280 valence electrons. The quantitative estimate of drug-likeness (QED) is 0.168. The van der Waals surface area contributed by atoms with Crippen molar-refractivity contribution in [1.82, 2.24) is 15.0 Å². The van der Waals surface area contributed by atoms with E-state index in [4.69, 9.17) is 9.97 Å². The maximum atomic E-state index is 5.40. The molecule has 12 aromatic rings. The van der Waals surface area contributed by atoms with Gasteiger partial charge in [-0.25, -0.2) is 9.97 Å². The molecule has 0 spiro atoms. The first-order valence-corrected chi connectivity index (χ1v) is 21.7. The van der Waals surface area contributed by atoms with Crippen molar-refractivity contribution < 1.29 is 0 Å². The Bertz CT molecular complexity index is 3470. The molecular weight excluding hydrogens is 767 g/mol. The molecule has 0 fully saturated rings. The molecule has 0 aliphatic rings. The molecule has 0 saturated carbocycles. The van der Waals surface area contributed by atoms with Crippen LogP contribution in [0.25, 0.3) is 118 Å². The first-order valence-electron chi connectivity index (χ1n) is 20.1. The summed E-state index contributed by atoms with van der Waals surface area (Å²) >= 11 is 3.73. The Morgan fingerprint density at radius 1 is 0.317 bits per heavy atom. The fourth-order valence-corrected chi connectivity index (χ4v) is 11.1. The van der Waals surface area contributed by atoms with Crippen LogP contribution in [-0.4, -0.2) is 15.0 Å². The molecule has 4 heterocycles. The topological polar surface area (TPSA) is 38.7 Å². The minimum absolute atomic E-state index is 0.680. The largest absolute Gasteiger partial charge is 0.263 e. The molecule has 0 bridgehead atoms. The summed E-state index contributed by atoms with van der Waals surface area (Å²) in [6.07, 6.45) is 3.87. The van der Waals surface area contributed by atoms with E-state index in [1.54, 1.807) is 0 Å². The fraction of sp³-hybridized carbons (Fsp3) is 0. The number of aromatic nitrogens is 3. The average molecular weight is 800 g/mol. The van der Waals surface area contributed by atoms with E-state index in [0.717, 1.165) is 55.7 Å². The van der Waals surface area contributed by atoms with Gasteiger partial charge in [0.2, 0.25) is 0 Å². The van der Waals surface area contributed by atoms with Crippen molar-refractivity contribution in [3.63, 3.8) is 0 Å². The minimum Gasteiger partial charge on any atom is -0.263 e. The lowest BCUT2D eigenvalue weighted by atomic mass is 9.93. The molecule has 0 amide bonds. The fourth-order valence-electron chi connectivity index (χ4n) is 8.66. The highest BCUT2D eigenvalue weighted by Gasteiger charge is 2.18. The van der Waals surface area contributed by atoms with Gasteiger partial charge in [0.25, 0.3) is 0 Å². The van der Waals surface area contributed by atoms with E-state index in [1.807, 2.05) is 41.1 Å². The molecular formula is C55H33N3S2. The van der Waals surface area contributed by atoms with Crippen molar-refractivity contribution >= 4 is 73.8 Å². The van der Waals surface area contributed by atoms with E-state index in [2.05, 4.69) is 187 Å². The smallest absolute Gasteiger partial charge is 0.160 e. The van der Waals surface area contributed by atoms with E-state index in [-0.39, 0.29) is 0 Å². The van der Waals surface area contributed by atoms with Crippen LogP contribution < -0.4 is 0 Å².